The predicted octanol–water partition coefficient (Wildman–Crippen LogP) is 2.23. The highest BCUT2D eigenvalue weighted by Gasteiger charge is 2.48. The Morgan fingerprint density at radius 2 is 1.31 bits per heavy atom. The van der Waals surface area contributed by atoms with Gasteiger partial charge in [0.1, 0.15) is 0 Å². The molecular formula is C13H23NO2. The molecule has 1 fully saturated rings. The molecule has 2 aliphatic heterocycles. The average Bonchev–Trinajstić information content (AvgIpc) is 2.24. The monoisotopic (exact) mass is 225 g/mol. The fraction of sp³-hybridized carbons (Fsp3) is 0.846. The number of ether oxygens (including phenoxy) is 2. The molecule has 0 saturated carbocycles. The van der Waals surface area contributed by atoms with Gasteiger partial charge < -0.3 is 14.8 Å². The number of nitrogens with one attached hydrogen (secondary N) is 1. The highest BCUT2D eigenvalue weighted by Crippen LogP contribution is 2.39. The van der Waals surface area contributed by atoms with Crippen molar-refractivity contribution in [1.29, 1.82) is 0 Å². The van der Waals surface area contributed by atoms with Crippen LogP contribution in [0.2, 0.25) is 0 Å². The van der Waals surface area contributed by atoms with Crippen molar-refractivity contribution in [2.24, 2.45) is 0 Å². The van der Waals surface area contributed by atoms with Crippen molar-refractivity contribution in [3.63, 3.8) is 0 Å². The van der Waals surface area contributed by atoms with E-state index in [9.17, 15) is 0 Å². The fourth-order valence-corrected chi connectivity index (χ4v) is 3.20. The maximum atomic E-state index is 5.95. The van der Waals surface area contributed by atoms with E-state index in [1.807, 2.05) is 12.2 Å². The molecule has 0 aromatic heterocycles. The van der Waals surface area contributed by atoms with Crippen LogP contribution in [-0.4, -0.2) is 30.1 Å². The van der Waals surface area contributed by atoms with Gasteiger partial charge in [-0.2, -0.15) is 0 Å². The Hall–Kier alpha value is -0.380. The zero-order valence-corrected chi connectivity index (χ0v) is 10.8. The van der Waals surface area contributed by atoms with E-state index in [-0.39, 0.29) is 11.1 Å². The Kier molecular flexibility index (Phi) is 2.89. The number of piperidine rings is 1. The Bertz CT molecular complexity index is 266. The second-order valence-electron chi connectivity index (χ2n) is 6.25. The van der Waals surface area contributed by atoms with Crippen molar-refractivity contribution in [3.05, 3.63) is 12.2 Å². The number of hydrogen-bond acceptors (Lipinski definition) is 3. The molecule has 0 unspecified atom stereocenters. The molecule has 2 aliphatic rings. The molecule has 0 aromatic rings. The van der Waals surface area contributed by atoms with Gasteiger partial charge in [0, 0.05) is 23.9 Å². The van der Waals surface area contributed by atoms with Gasteiger partial charge in [0.15, 0.2) is 5.79 Å². The molecule has 16 heavy (non-hydrogen) atoms. The van der Waals surface area contributed by atoms with Crippen LogP contribution in [0.25, 0.3) is 0 Å². The molecule has 0 bridgehead atoms. The first-order chi connectivity index (χ1) is 7.33. The van der Waals surface area contributed by atoms with Gasteiger partial charge in [0.05, 0.1) is 13.2 Å². The molecule has 1 saturated heterocycles. The van der Waals surface area contributed by atoms with Crippen LogP contribution < -0.4 is 5.32 Å². The third-order valence-corrected chi connectivity index (χ3v) is 3.15. The van der Waals surface area contributed by atoms with Gasteiger partial charge in [-0.05, 0) is 27.7 Å². The molecule has 0 atom stereocenters. The SMILES string of the molecule is CC1(C)CC2(CC(C)(C)N1)OCC=CCO2. The summed E-state index contributed by atoms with van der Waals surface area (Å²) >= 11 is 0. The number of rotatable bonds is 0. The van der Waals surface area contributed by atoms with Gasteiger partial charge in [-0.1, -0.05) is 12.2 Å². The minimum atomic E-state index is -0.415. The van der Waals surface area contributed by atoms with Gasteiger partial charge in [-0.3, -0.25) is 0 Å². The molecule has 2 heterocycles. The van der Waals surface area contributed by atoms with Crippen LogP contribution in [0.5, 0.6) is 0 Å². The van der Waals surface area contributed by atoms with Crippen LogP contribution in [0.4, 0.5) is 0 Å². The van der Waals surface area contributed by atoms with E-state index in [1.165, 1.54) is 0 Å². The lowest BCUT2D eigenvalue weighted by atomic mass is 9.78. The van der Waals surface area contributed by atoms with Crippen molar-refractivity contribution >= 4 is 0 Å². The summed E-state index contributed by atoms with van der Waals surface area (Å²) in [5.74, 6) is -0.415. The summed E-state index contributed by atoms with van der Waals surface area (Å²) in [4.78, 5) is 0. The van der Waals surface area contributed by atoms with Crippen LogP contribution >= 0.6 is 0 Å². The van der Waals surface area contributed by atoms with Crippen molar-refractivity contribution in [2.75, 3.05) is 13.2 Å². The molecule has 0 aliphatic carbocycles. The molecule has 0 radical (unpaired) electrons. The topological polar surface area (TPSA) is 30.5 Å². The minimum absolute atomic E-state index is 0.0477. The summed E-state index contributed by atoms with van der Waals surface area (Å²) < 4.78 is 11.9. The molecule has 92 valence electrons. The second-order valence-corrected chi connectivity index (χ2v) is 6.25. The molecule has 0 amide bonds. The zero-order chi connectivity index (χ0) is 11.9. The van der Waals surface area contributed by atoms with E-state index in [1.54, 1.807) is 0 Å². The Labute approximate surface area is 98.2 Å². The average molecular weight is 225 g/mol. The quantitative estimate of drug-likeness (QED) is 0.641. The van der Waals surface area contributed by atoms with Crippen LogP contribution in [0.1, 0.15) is 40.5 Å². The first kappa shape index (κ1) is 12.1. The number of hydrogen-bond donors (Lipinski definition) is 1. The van der Waals surface area contributed by atoms with Crippen LogP contribution in [-0.2, 0) is 9.47 Å². The zero-order valence-electron chi connectivity index (χ0n) is 10.8. The Morgan fingerprint density at radius 1 is 0.875 bits per heavy atom. The normalized spacial score (nSPS) is 31.2. The lowest BCUT2D eigenvalue weighted by molar-refractivity contribution is -0.259. The van der Waals surface area contributed by atoms with Gasteiger partial charge in [-0.25, -0.2) is 0 Å². The molecule has 3 heteroatoms. The Morgan fingerprint density at radius 3 is 1.75 bits per heavy atom. The van der Waals surface area contributed by atoms with Gasteiger partial charge in [0.2, 0.25) is 0 Å². The third kappa shape index (κ3) is 2.65. The summed E-state index contributed by atoms with van der Waals surface area (Å²) in [6.45, 7) is 10.2. The molecule has 1 spiro atoms. The lowest BCUT2D eigenvalue weighted by Crippen LogP contribution is -2.64. The largest absolute Gasteiger partial charge is 0.346 e. The highest BCUT2D eigenvalue weighted by atomic mass is 16.7. The summed E-state index contributed by atoms with van der Waals surface area (Å²) in [7, 11) is 0. The van der Waals surface area contributed by atoms with Crippen LogP contribution in [0.3, 0.4) is 0 Å². The minimum Gasteiger partial charge on any atom is -0.346 e. The summed E-state index contributed by atoms with van der Waals surface area (Å²) in [5.41, 5.74) is 0.0954. The van der Waals surface area contributed by atoms with Crippen molar-refractivity contribution in [1.82, 2.24) is 5.32 Å². The van der Waals surface area contributed by atoms with E-state index in [0.29, 0.717) is 13.2 Å². The first-order valence-corrected chi connectivity index (χ1v) is 6.05. The van der Waals surface area contributed by atoms with Crippen molar-refractivity contribution in [2.45, 2.75) is 57.4 Å². The van der Waals surface area contributed by atoms with Gasteiger partial charge >= 0.3 is 0 Å². The van der Waals surface area contributed by atoms with Crippen LogP contribution in [0.15, 0.2) is 12.2 Å². The van der Waals surface area contributed by atoms with Crippen molar-refractivity contribution in [3.8, 4) is 0 Å². The molecule has 2 rings (SSSR count). The van der Waals surface area contributed by atoms with Crippen LogP contribution in [0, 0.1) is 0 Å². The first-order valence-electron chi connectivity index (χ1n) is 6.05. The van der Waals surface area contributed by atoms with Crippen molar-refractivity contribution < 1.29 is 9.47 Å². The third-order valence-electron chi connectivity index (χ3n) is 3.15. The van der Waals surface area contributed by atoms with E-state index in [2.05, 4.69) is 33.0 Å². The molecule has 0 aromatic carbocycles. The smallest absolute Gasteiger partial charge is 0.172 e. The van der Waals surface area contributed by atoms with E-state index < -0.39 is 5.79 Å². The highest BCUT2D eigenvalue weighted by molar-refractivity contribution is 5.03. The van der Waals surface area contributed by atoms with E-state index >= 15 is 0 Å². The standard InChI is InChI=1S/C13H23NO2/c1-11(2)9-13(10-12(3,4)14-11)15-7-5-6-8-16-13/h5-6,14H,7-10H2,1-4H3. The molecule has 1 N–H and O–H groups in total. The Balaban J connectivity index is 2.20. The molecule has 3 nitrogen and oxygen atoms in total. The van der Waals surface area contributed by atoms with E-state index in [4.69, 9.17) is 9.47 Å². The molecular weight excluding hydrogens is 202 g/mol. The second kappa shape index (κ2) is 3.83. The summed E-state index contributed by atoms with van der Waals surface area (Å²) in [5, 5.41) is 3.64. The summed E-state index contributed by atoms with van der Waals surface area (Å²) in [6, 6.07) is 0. The maximum absolute atomic E-state index is 5.95. The van der Waals surface area contributed by atoms with Gasteiger partial charge in [0.25, 0.3) is 0 Å². The summed E-state index contributed by atoms with van der Waals surface area (Å²) in [6.07, 6.45) is 5.86. The maximum Gasteiger partial charge on any atom is 0.172 e. The fourth-order valence-electron chi connectivity index (χ4n) is 3.20. The van der Waals surface area contributed by atoms with Gasteiger partial charge in [-0.15, -0.1) is 0 Å². The lowest BCUT2D eigenvalue weighted by Gasteiger charge is -2.51. The van der Waals surface area contributed by atoms with E-state index in [0.717, 1.165) is 12.8 Å². The predicted molar refractivity (Wildman–Crippen MR) is 64.3 cm³/mol.